The van der Waals surface area contributed by atoms with Crippen LogP contribution in [0.2, 0.25) is 0 Å². The third-order valence-electron chi connectivity index (χ3n) is 6.04. The lowest BCUT2D eigenvalue weighted by atomic mass is 10.0. The molecule has 0 bridgehead atoms. The number of nitrogen functional groups attached to an aromatic ring is 1. The van der Waals surface area contributed by atoms with E-state index in [0.29, 0.717) is 34.8 Å². The van der Waals surface area contributed by atoms with Crippen LogP contribution >= 0.6 is 0 Å². The fourth-order valence-corrected chi connectivity index (χ4v) is 4.25. The van der Waals surface area contributed by atoms with Crippen LogP contribution in [0.5, 0.6) is 5.75 Å². The quantitative estimate of drug-likeness (QED) is 0.610. The number of likely N-dealkylation sites (tertiary alicyclic amines) is 1. The lowest BCUT2D eigenvalue weighted by Crippen LogP contribution is -2.58. The monoisotopic (exact) mass is 485 g/mol. The van der Waals surface area contributed by atoms with Crippen LogP contribution in [0.15, 0.2) is 35.6 Å². The maximum Gasteiger partial charge on any atom is 0.341 e. The van der Waals surface area contributed by atoms with Gasteiger partial charge in [0, 0.05) is 31.8 Å². The fraction of sp³-hybridized carbons (Fsp3) is 0.304. The predicted molar refractivity (Wildman–Crippen MR) is 121 cm³/mol. The number of halogens is 3. The van der Waals surface area contributed by atoms with Crippen LogP contribution in [0.4, 0.5) is 23.7 Å². The summed E-state index contributed by atoms with van der Waals surface area (Å²) in [7, 11) is 1.71. The summed E-state index contributed by atoms with van der Waals surface area (Å²) in [5, 5.41) is 9.53. The Bertz CT molecular complexity index is 1320. The fourth-order valence-electron chi connectivity index (χ4n) is 4.25. The Morgan fingerprint density at radius 2 is 1.86 bits per heavy atom. The number of carbonyl (C=O) groups excluding carboxylic acids is 1. The van der Waals surface area contributed by atoms with Crippen LogP contribution in [0.25, 0.3) is 11.4 Å². The van der Waals surface area contributed by atoms with Crippen LogP contribution in [0, 0.1) is 24.4 Å². The molecule has 0 radical (unpaired) electrons. The largest absolute Gasteiger partial charge is 0.483 e. The Morgan fingerprint density at radius 3 is 2.51 bits per heavy atom. The molecular formula is C23H22F3N7O2. The van der Waals surface area contributed by atoms with E-state index in [2.05, 4.69) is 15.2 Å². The normalized spacial score (nSPS) is 17.7. The Labute approximate surface area is 198 Å². The summed E-state index contributed by atoms with van der Waals surface area (Å²) in [5.41, 5.74) is 8.43. The molecule has 2 aliphatic rings. The number of hydrogen-bond acceptors (Lipinski definition) is 6. The number of rotatable bonds is 4. The Kier molecular flexibility index (Phi) is 5.58. The number of aromatic nitrogens is 3. The molecule has 0 unspecified atom stereocenters. The van der Waals surface area contributed by atoms with Crippen LogP contribution in [0.1, 0.15) is 23.7 Å². The maximum atomic E-state index is 14.4. The molecule has 5 rings (SSSR count). The van der Waals surface area contributed by atoms with Crippen LogP contribution in [0.3, 0.4) is 0 Å². The highest BCUT2D eigenvalue weighted by Gasteiger charge is 2.39. The maximum absolute atomic E-state index is 14.4. The average molecular weight is 485 g/mol. The van der Waals surface area contributed by atoms with E-state index in [0.717, 1.165) is 12.3 Å². The molecule has 1 saturated heterocycles. The predicted octanol–water partition coefficient (Wildman–Crippen LogP) is 3.41. The van der Waals surface area contributed by atoms with E-state index >= 15 is 0 Å². The third kappa shape index (κ3) is 4.15. The number of nitrogens with zero attached hydrogens (tertiary/aromatic N) is 6. The Hall–Kier alpha value is -4.09. The smallest absolute Gasteiger partial charge is 0.341 e. The molecule has 2 aliphatic heterocycles. The van der Waals surface area contributed by atoms with Gasteiger partial charge < -0.3 is 15.4 Å². The van der Waals surface area contributed by atoms with Crippen LogP contribution in [-0.2, 0) is 7.05 Å². The molecule has 9 nitrogen and oxygen atoms in total. The van der Waals surface area contributed by atoms with Gasteiger partial charge in [-0.05, 0) is 24.6 Å². The first-order chi connectivity index (χ1) is 16.7. The summed E-state index contributed by atoms with van der Waals surface area (Å²) in [6.45, 7) is 2.15. The first-order valence-electron chi connectivity index (χ1n) is 10.9. The highest BCUT2D eigenvalue weighted by Crippen LogP contribution is 2.33. The lowest BCUT2D eigenvalue weighted by molar-refractivity contribution is 0.0256. The van der Waals surface area contributed by atoms with Crippen LogP contribution < -0.4 is 10.5 Å². The summed E-state index contributed by atoms with van der Waals surface area (Å²) >= 11 is 0. The Balaban J connectivity index is 1.26. The minimum Gasteiger partial charge on any atom is -0.483 e. The molecule has 3 aromatic rings. The highest BCUT2D eigenvalue weighted by atomic mass is 19.1. The van der Waals surface area contributed by atoms with Gasteiger partial charge in [-0.1, -0.05) is 0 Å². The van der Waals surface area contributed by atoms with Gasteiger partial charge in [-0.2, -0.15) is 10.2 Å². The molecule has 35 heavy (non-hydrogen) atoms. The molecule has 0 spiro atoms. The van der Waals surface area contributed by atoms with Crippen molar-refractivity contribution in [3.63, 3.8) is 0 Å². The van der Waals surface area contributed by atoms with Gasteiger partial charge in [0.25, 0.3) is 0 Å². The van der Waals surface area contributed by atoms with Gasteiger partial charge >= 0.3 is 6.03 Å². The molecule has 4 heterocycles. The minimum absolute atomic E-state index is 0.0161. The number of pyridine rings is 1. The highest BCUT2D eigenvalue weighted by molar-refractivity contribution is 5.79. The second kappa shape index (κ2) is 8.60. The lowest BCUT2D eigenvalue weighted by Gasteiger charge is -2.41. The van der Waals surface area contributed by atoms with Crippen molar-refractivity contribution in [1.29, 1.82) is 0 Å². The van der Waals surface area contributed by atoms with E-state index < -0.39 is 35.6 Å². The molecule has 1 fully saturated rings. The molecule has 12 heteroatoms. The van der Waals surface area contributed by atoms with Gasteiger partial charge in [-0.25, -0.2) is 23.0 Å². The molecule has 1 atom stereocenters. The summed E-state index contributed by atoms with van der Waals surface area (Å²) in [4.78, 5) is 18.5. The number of hydrogen-bond donors (Lipinski definition) is 1. The van der Waals surface area contributed by atoms with E-state index in [1.54, 1.807) is 18.7 Å². The van der Waals surface area contributed by atoms with Crippen molar-refractivity contribution in [1.82, 2.24) is 24.7 Å². The number of aryl methyl sites for hydroxylation is 2. The van der Waals surface area contributed by atoms with Crippen molar-refractivity contribution in [2.24, 2.45) is 12.1 Å². The van der Waals surface area contributed by atoms with E-state index in [1.165, 1.54) is 34.3 Å². The van der Waals surface area contributed by atoms with E-state index in [9.17, 15) is 18.0 Å². The molecule has 2 aromatic heterocycles. The van der Waals surface area contributed by atoms with Gasteiger partial charge in [0.2, 0.25) is 0 Å². The summed E-state index contributed by atoms with van der Waals surface area (Å²) in [6, 6.07) is 3.56. The van der Waals surface area contributed by atoms with Gasteiger partial charge in [0.1, 0.15) is 23.4 Å². The first-order valence-corrected chi connectivity index (χ1v) is 10.9. The standard InChI is InChI=1S/C23H22F3N7O2/c1-12-21(27)22(31(2)30-12)18-8-20(17(26)9-28-18)35-16-10-32(11-16)23(34)33-19(3-4-29-33)13-5-14(24)7-15(25)6-13/h4-9,16,19H,3,10-11,27H2,1-2H3/t19-/m0/s1. The number of nitrogens with two attached hydrogens (primary N) is 1. The number of carbonyl (C=O) groups is 1. The number of amides is 2. The Morgan fingerprint density at radius 1 is 1.14 bits per heavy atom. The molecule has 1 aromatic carbocycles. The van der Waals surface area contributed by atoms with E-state index in [-0.39, 0.29) is 18.8 Å². The summed E-state index contributed by atoms with van der Waals surface area (Å²) in [5.74, 6) is -2.11. The molecule has 0 aliphatic carbocycles. The molecule has 182 valence electrons. The number of ether oxygens (including phenoxy) is 1. The van der Waals surface area contributed by atoms with Crippen molar-refractivity contribution >= 4 is 17.9 Å². The zero-order valence-corrected chi connectivity index (χ0v) is 19.0. The molecule has 0 saturated carbocycles. The zero-order chi connectivity index (χ0) is 24.9. The second-order valence-corrected chi connectivity index (χ2v) is 8.50. The van der Waals surface area contributed by atoms with E-state index in [1.807, 2.05) is 0 Å². The van der Waals surface area contributed by atoms with Crippen molar-refractivity contribution in [2.75, 3.05) is 18.8 Å². The number of urea groups is 1. The molecule has 2 N–H and O–H groups in total. The van der Waals surface area contributed by atoms with Gasteiger partial charge in [0.05, 0.1) is 42.4 Å². The first kappa shape index (κ1) is 22.7. The minimum atomic E-state index is -0.724. The van der Waals surface area contributed by atoms with Crippen molar-refractivity contribution in [3.05, 3.63) is 59.2 Å². The topological polar surface area (TPSA) is 102 Å². The van der Waals surface area contributed by atoms with Crippen molar-refractivity contribution in [3.8, 4) is 17.1 Å². The third-order valence-corrected chi connectivity index (χ3v) is 6.04. The number of benzene rings is 1. The SMILES string of the molecule is Cc1nn(C)c(-c2cc(OC3CN(C(=O)N4N=CC[C@H]4c4cc(F)cc(F)c4)C3)c(F)cn2)c1N. The van der Waals surface area contributed by atoms with Gasteiger partial charge in [0.15, 0.2) is 11.6 Å². The number of anilines is 1. The number of hydrazone groups is 1. The summed E-state index contributed by atoms with van der Waals surface area (Å²) in [6.07, 6.45) is 2.46. The summed E-state index contributed by atoms with van der Waals surface area (Å²) < 4.78 is 49.1. The molecule has 2 amide bonds. The molecular weight excluding hydrogens is 463 g/mol. The van der Waals surface area contributed by atoms with Gasteiger partial charge in [-0.3, -0.25) is 9.67 Å². The van der Waals surface area contributed by atoms with Crippen LogP contribution in [-0.4, -0.2) is 56.1 Å². The van der Waals surface area contributed by atoms with E-state index in [4.69, 9.17) is 10.5 Å². The van der Waals surface area contributed by atoms with Crippen molar-refractivity contribution < 1.29 is 22.7 Å². The second-order valence-electron chi connectivity index (χ2n) is 8.50. The van der Waals surface area contributed by atoms with Gasteiger partial charge in [-0.15, -0.1) is 0 Å². The average Bonchev–Trinajstić information content (AvgIpc) is 3.35. The zero-order valence-electron chi connectivity index (χ0n) is 19.0. The van der Waals surface area contributed by atoms with Crippen molar-refractivity contribution in [2.45, 2.75) is 25.5 Å².